The first kappa shape index (κ1) is 17.3. The Kier molecular flexibility index (Phi) is 5.56. The predicted molar refractivity (Wildman–Crippen MR) is 95.3 cm³/mol. The molecule has 0 radical (unpaired) electrons. The van der Waals surface area contributed by atoms with Crippen LogP contribution in [0, 0.1) is 0 Å². The monoisotopic (exact) mass is 341 g/mol. The highest BCUT2D eigenvalue weighted by molar-refractivity contribution is 5.87. The number of hydrogen-bond donors (Lipinski definition) is 1. The molecule has 132 valence electrons. The highest BCUT2D eigenvalue weighted by Gasteiger charge is 2.22. The molecule has 1 heterocycles. The lowest BCUT2D eigenvalue weighted by atomic mass is 10.1. The maximum absolute atomic E-state index is 11.1. The number of carbonyl (C=O) groups is 1. The van der Waals surface area contributed by atoms with E-state index in [-0.39, 0.29) is 6.10 Å². The summed E-state index contributed by atoms with van der Waals surface area (Å²) in [5.74, 6) is 0.622. The Bertz CT molecular complexity index is 731. The van der Waals surface area contributed by atoms with Crippen LogP contribution in [0.3, 0.4) is 0 Å². The quantitative estimate of drug-likeness (QED) is 0.872. The van der Waals surface area contributed by atoms with E-state index in [9.17, 15) is 4.79 Å². The summed E-state index contributed by atoms with van der Waals surface area (Å²) in [5, 5.41) is 9.13. The van der Waals surface area contributed by atoms with Gasteiger partial charge in [0.2, 0.25) is 0 Å². The lowest BCUT2D eigenvalue weighted by Crippen LogP contribution is -2.40. The van der Waals surface area contributed by atoms with Crippen LogP contribution < -0.4 is 9.47 Å². The summed E-state index contributed by atoms with van der Waals surface area (Å²) in [4.78, 5) is 13.4. The number of ether oxygens (including phenoxy) is 2. The molecular formula is C20H23NO4. The maximum atomic E-state index is 11.1. The third-order valence-electron chi connectivity index (χ3n) is 4.41. The fraction of sp³-hybridized carbons (Fsp3) is 0.350. The fourth-order valence-corrected chi connectivity index (χ4v) is 3.21. The van der Waals surface area contributed by atoms with E-state index in [0.717, 1.165) is 49.5 Å². The largest absolute Gasteiger partial charge is 0.493 e. The van der Waals surface area contributed by atoms with E-state index in [2.05, 4.69) is 4.90 Å². The minimum Gasteiger partial charge on any atom is -0.493 e. The fourth-order valence-electron chi connectivity index (χ4n) is 3.21. The van der Waals surface area contributed by atoms with Gasteiger partial charge in [-0.2, -0.15) is 0 Å². The van der Waals surface area contributed by atoms with Gasteiger partial charge in [-0.25, -0.2) is 4.79 Å². The lowest BCUT2D eigenvalue weighted by Gasteiger charge is -2.33. The molecule has 1 N–H and O–H groups in total. The second-order valence-corrected chi connectivity index (χ2v) is 6.27. The molecule has 1 aliphatic heterocycles. The molecule has 0 saturated carbocycles. The molecule has 0 aromatic heterocycles. The van der Waals surface area contributed by atoms with Gasteiger partial charge >= 0.3 is 5.97 Å². The molecule has 1 saturated heterocycles. The van der Waals surface area contributed by atoms with Crippen molar-refractivity contribution in [1.82, 2.24) is 4.90 Å². The number of benzene rings is 2. The molecule has 25 heavy (non-hydrogen) atoms. The van der Waals surface area contributed by atoms with Crippen LogP contribution in [0.2, 0.25) is 0 Å². The summed E-state index contributed by atoms with van der Waals surface area (Å²) in [5.41, 5.74) is 1.34. The zero-order valence-electron chi connectivity index (χ0n) is 14.4. The Hall–Kier alpha value is -2.53. The molecule has 1 fully saturated rings. The number of piperidine rings is 1. The Labute approximate surface area is 147 Å². The summed E-state index contributed by atoms with van der Waals surface area (Å²) < 4.78 is 11.5. The number of methoxy groups -OCH3 is 1. The zero-order valence-corrected chi connectivity index (χ0v) is 14.4. The van der Waals surface area contributed by atoms with E-state index < -0.39 is 5.97 Å². The molecular weight excluding hydrogens is 318 g/mol. The van der Waals surface area contributed by atoms with E-state index in [1.165, 1.54) is 0 Å². The number of likely N-dealkylation sites (tertiary alicyclic amines) is 1. The molecule has 0 spiro atoms. The van der Waals surface area contributed by atoms with Gasteiger partial charge in [-0.1, -0.05) is 24.3 Å². The smallest absolute Gasteiger partial charge is 0.335 e. The minimum absolute atomic E-state index is 0.104. The third-order valence-corrected chi connectivity index (χ3v) is 4.41. The Morgan fingerprint density at radius 3 is 2.76 bits per heavy atom. The van der Waals surface area contributed by atoms with Crippen molar-refractivity contribution in [3.63, 3.8) is 0 Å². The van der Waals surface area contributed by atoms with Crippen LogP contribution in [0.5, 0.6) is 11.5 Å². The summed E-state index contributed by atoms with van der Waals surface area (Å²) in [6.45, 7) is 2.53. The second kappa shape index (κ2) is 8.03. The van der Waals surface area contributed by atoms with Gasteiger partial charge in [-0.15, -0.1) is 0 Å². The normalized spacial score (nSPS) is 17.9. The van der Waals surface area contributed by atoms with Crippen molar-refractivity contribution in [3.05, 3.63) is 59.7 Å². The molecule has 1 atom stereocenters. The van der Waals surface area contributed by atoms with Crippen molar-refractivity contribution in [2.45, 2.75) is 25.5 Å². The average molecular weight is 341 g/mol. The SMILES string of the molecule is COc1ccccc1OC1CCCN(Cc2cccc(C(=O)O)c2)C1. The molecule has 2 aromatic carbocycles. The summed E-state index contributed by atoms with van der Waals surface area (Å²) in [6, 6.07) is 14.8. The van der Waals surface area contributed by atoms with Crippen LogP contribution in [0.25, 0.3) is 0 Å². The van der Waals surface area contributed by atoms with E-state index in [1.54, 1.807) is 25.3 Å². The Morgan fingerprint density at radius 1 is 1.20 bits per heavy atom. The van der Waals surface area contributed by atoms with Crippen molar-refractivity contribution in [2.75, 3.05) is 20.2 Å². The summed E-state index contributed by atoms with van der Waals surface area (Å²) in [6.07, 6.45) is 2.16. The lowest BCUT2D eigenvalue weighted by molar-refractivity contribution is 0.0695. The average Bonchev–Trinajstić information content (AvgIpc) is 2.63. The van der Waals surface area contributed by atoms with Crippen LogP contribution in [0.4, 0.5) is 0 Å². The number of aromatic carboxylic acids is 1. The first-order valence-corrected chi connectivity index (χ1v) is 8.50. The third kappa shape index (κ3) is 4.51. The van der Waals surface area contributed by atoms with Crippen molar-refractivity contribution in [3.8, 4) is 11.5 Å². The standard InChI is InChI=1S/C20H23NO4/c1-24-18-9-2-3-10-19(18)25-17-8-5-11-21(14-17)13-15-6-4-7-16(12-15)20(22)23/h2-4,6-7,9-10,12,17H,5,8,11,13-14H2,1H3,(H,22,23). The number of hydrogen-bond acceptors (Lipinski definition) is 4. The van der Waals surface area contributed by atoms with Crippen LogP contribution >= 0.6 is 0 Å². The van der Waals surface area contributed by atoms with Gasteiger partial charge in [0.15, 0.2) is 11.5 Å². The highest BCUT2D eigenvalue weighted by atomic mass is 16.5. The van der Waals surface area contributed by atoms with Crippen molar-refractivity contribution in [1.29, 1.82) is 0 Å². The number of carboxylic acids is 1. The van der Waals surface area contributed by atoms with E-state index >= 15 is 0 Å². The molecule has 3 rings (SSSR count). The summed E-state index contributed by atoms with van der Waals surface area (Å²) >= 11 is 0. The molecule has 1 unspecified atom stereocenters. The molecule has 0 bridgehead atoms. The van der Waals surface area contributed by atoms with Gasteiger partial charge in [-0.05, 0) is 49.2 Å². The first-order valence-electron chi connectivity index (χ1n) is 8.50. The van der Waals surface area contributed by atoms with E-state index in [1.807, 2.05) is 30.3 Å². The van der Waals surface area contributed by atoms with E-state index in [4.69, 9.17) is 14.6 Å². The number of rotatable bonds is 6. The molecule has 0 aliphatic carbocycles. The van der Waals surface area contributed by atoms with Crippen molar-refractivity contribution >= 4 is 5.97 Å². The second-order valence-electron chi connectivity index (χ2n) is 6.27. The number of para-hydroxylation sites is 2. The predicted octanol–water partition coefficient (Wildman–Crippen LogP) is 3.44. The molecule has 5 heteroatoms. The van der Waals surface area contributed by atoms with Gasteiger partial charge < -0.3 is 14.6 Å². The molecule has 5 nitrogen and oxygen atoms in total. The zero-order chi connectivity index (χ0) is 17.6. The van der Waals surface area contributed by atoms with Crippen LogP contribution in [-0.4, -0.2) is 42.3 Å². The van der Waals surface area contributed by atoms with Crippen molar-refractivity contribution < 1.29 is 19.4 Å². The van der Waals surface area contributed by atoms with Gasteiger partial charge in [0.1, 0.15) is 6.10 Å². The molecule has 1 aliphatic rings. The van der Waals surface area contributed by atoms with Gasteiger partial charge in [0.25, 0.3) is 0 Å². The van der Waals surface area contributed by atoms with Crippen molar-refractivity contribution in [2.24, 2.45) is 0 Å². The Morgan fingerprint density at radius 2 is 2.00 bits per heavy atom. The minimum atomic E-state index is -0.891. The van der Waals surface area contributed by atoms with Crippen LogP contribution in [0.15, 0.2) is 48.5 Å². The van der Waals surface area contributed by atoms with E-state index in [0.29, 0.717) is 5.56 Å². The number of carboxylic acid groups (broad SMARTS) is 1. The number of nitrogens with zero attached hydrogens (tertiary/aromatic N) is 1. The van der Waals surface area contributed by atoms with Gasteiger partial charge in [-0.3, -0.25) is 4.90 Å². The molecule has 2 aromatic rings. The topological polar surface area (TPSA) is 59.0 Å². The van der Waals surface area contributed by atoms with Gasteiger partial charge in [0.05, 0.1) is 12.7 Å². The van der Waals surface area contributed by atoms with Crippen LogP contribution in [-0.2, 0) is 6.54 Å². The van der Waals surface area contributed by atoms with Crippen LogP contribution in [0.1, 0.15) is 28.8 Å². The first-order chi connectivity index (χ1) is 12.2. The molecule has 0 amide bonds. The highest BCUT2D eigenvalue weighted by Crippen LogP contribution is 2.28. The summed E-state index contributed by atoms with van der Waals surface area (Å²) in [7, 11) is 1.64. The van der Waals surface area contributed by atoms with Gasteiger partial charge in [0, 0.05) is 13.1 Å². The Balaban J connectivity index is 1.63. The maximum Gasteiger partial charge on any atom is 0.335 e.